The monoisotopic (exact) mass is 198 g/mol. The third-order valence-corrected chi connectivity index (χ3v) is 2.64. The lowest BCUT2D eigenvalue weighted by molar-refractivity contribution is 0.254. The fraction of sp³-hybridized carbons (Fsp3) is 0.143. The molecule has 0 heterocycles. The average molecular weight is 198 g/mol. The van der Waals surface area contributed by atoms with Crippen molar-refractivity contribution in [3.05, 3.63) is 54.6 Å². The molecule has 76 valence electrons. The fourth-order valence-corrected chi connectivity index (χ4v) is 1.73. The normalized spacial score (nSPS) is 12.7. The Labute approximate surface area is 89.7 Å². The van der Waals surface area contributed by atoms with Gasteiger partial charge in [0.25, 0.3) is 0 Å². The molecule has 1 nitrogen and oxygen atoms in total. The van der Waals surface area contributed by atoms with Gasteiger partial charge in [-0.1, -0.05) is 49.0 Å². The van der Waals surface area contributed by atoms with Gasteiger partial charge >= 0.3 is 0 Å². The van der Waals surface area contributed by atoms with Crippen molar-refractivity contribution >= 4 is 16.3 Å². The second-order valence-corrected chi connectivity index (χ2v) is 3.73. The van der Waals surface area contributed by atoms with Gasteiger partial charge in [0.15, 0.2) is 0 Å². The minimum absolute atomic E-state index is 0.504. The lowest BCUT2D eigenvalue weighted by atomic mass is 9.97. The highest BCUT2D eigenvalue weighted by Crippen LogP contribution is 2.25. The van der Waals surface area contributed by atoms with E-state index in [0.29, 0.717) is 0 Å². The number of benzene rings is 2. The van der Waals surface area contributed by atoms with Gasteiger partial charge in [-0.2, -0.15) is 0 Å². The van der Waals surface area contributed by atoms with Crippen LogP contribution < -0.4 is 0 Å². The van der Waals surface area contributed by atoms with Gasteiger partial charge in [-0.15, -0.1) is 0 Å². The summed E-state index contributed by atoms with van der Waals surface area (Å²) >= 11 is 0. The molecule has 0 aliphatic heterocycles. The highest BCUT2D eigenvalue weighted by Gasteiger charge is 2.07. The first-order valence-corrected chi connectivity index (χ1v) is 5.05. The van der Waals surface area contributed by atoms with Crippen LogP contribution >= 0.6 is 0 Å². The molecule has 0 amide bonds. The molecule has 1 N–H and O–H groups in total. The summed E-state index contributed by atoms with van der Waals surface area (Å²) in [5.74, 6) is 0. The van der Waals surface area contributed by atoms with Crippen LogP contribution in [0, 0.1) is 0 Å². The number of hydrogen-bond acceptors (Lipinski definition) is 1. The molecule has 0 aromatic heterocycles. The Kier molecular flexibility index (Phi) is 2.57. The minimum atomic E-state index is -0.504. The van der Waals surface area contributed by atoms with Crippen molar-refractivity contribution in [3.8, 4) is 0 Å². The smallest absolute Gasteiger partial charge is 0.0762 e. The van der Waals surface area contributed by atoms with Crippen molar-refractivity contribution in [2.24, 2.45) is 0 Å². The molecule has 0 aliphatic rings. The summed E-state index contributed by atoms with van der Waals surface area (Å²) in [4.78, 5) is 0. The van der Waals surface area contributed by atoms with Gasteiger partial charge in [0.05, 0.1) is 6.10 Å². The van der Waals surface area contributed by atoms with Crippen LogP contribution in [0.25, 0.3) is 16.3 Å². The van der Waals surface area contributed by atoms with Crippen molar-refractivity contribution in [2.75, 3.05) is 0 Å². The molecule has 1 unspecified atom stereocenters. The first kappa shape index (κ1) is 9.94. The first-order chi connectivity index (χ1) is 7.20. The van der Waals surface area contributed by atoms with E-state index in [2.05, 4.69) is 24.8 Å². The number of aliphatic hydroxyl groups excluding tert-OH is 1. The average Bonchev–Trinajstić information content (AvgIpc) is 2.27. The number of rotatable bonds is 2. The van der Waals surface area contributed by atoms with Gasteiger partial charge in [0, 0.05) is 0 Å². The highest BCUT2D eigenvalue weighted by atomic mass is 16.3. The summed E-state index contributed by atoms with van der Waals surface area (Å²) in [6, 6.07) is 14.2. The van der Waals surface area contributed by atoms with Crippen molar-refractivity contribution in [3.63, 3.8) is 0 Å². The molecule has 2 aromatic carbocycles. The Balaban J connectivity index is 2.66. The van der Waals surface area contributed by atoms with E-state index in [1.807, 2.05) is 24.3 Å². The van der Waals surface area contributed by atoms with Crippen LogP contribution in [0.5, 0.6) is 0 Å². The third-order valence-electron chi connectivity index (χ3n) is 2.64. The Morgan fingerprint density at radius 2 is 1.80 bits per heavy atom. The third kappa shape index (κ3) is 1.79. The predicted molar refractivity (Wildman–Crippen MR) is 64.7 cm³/mol. The Morgan fingerprint density at radius 1 is 1.13 bits per heavy atom. The van der Waals surface area contributed by atoms with Crippen LogP contribution in [0.1, 0.15) is 12.5 Å². The zero-order valence-corrected chi connectivity index (χ0v) is 8.77. The summed E-state index contributed by atoms with van der Waals surface area (Å²) in [7, 11) is 0. The fourth-order valence-electron chi connectivity index (χ4n) is 1.73. The maximum atomic E-state index is 9.53. The molecule has 15 heavy (non-hydrogen) atoms. The van der Waals surface area contributed by atoms with E-state index in [4.69, 9.17) is 0 Å². The van der Waals surface area contributed by atoms with Gasteiger partial charge in [-0.25, -0.2) is 0 Å². The molecule has 2 aromatic rings. The molecule has 0 saturated carbocycles. The zero-order valence-electron chi connectivity index (χ0n) is 8.77. The van der Waals surface area contributed by atoms with Crippen molar-refractivity contribution < 1.29 is 5.11 Å². The molecule has 0 spiro atoms. The number of fused-ring (bicyclic) bond motifs is 1. The van der Waals surface area contributed by atoms with E-state index in [0.717, 1.165) is 16.5 Å². The van der Waals surface area contributed by atoms with Crippen LogP contribution in [-0.4, -0.2) is 11.2 Å². The van der Waals surface area contributed by atoms with Crippen LogP contribution in [-0.2, 0) is 0 Å². The van der Waals surface area contributed by atoms with E-state index in [9.17, 15) is 5.11 Å². The molecule has 0 saturated heterocycles. The zero-order chi connectivity index (χ0) is 10.8. The maximum absolute atomic E-state index is 9.53. The van der Waals surface area contributed by atoms with E-state index < -0.39 is 6.10 Å². The van der Waals surface area contributed by atoms with Gasteiger partial charge in [-0.3, -0.25) is 0 Å². The van der Waals surface area contributed by atoms with Crippen molar-refractivity contribution in [2.45, 2.75) is 13.0 Å². The topological polar surface area (TPSA) is 20.2 Å². The maximum Gasteiger partial charge on any atom is 0.0762 e. The molecule has 2 rings (SSSR count). The van der Waals surface area contributed by atoms with Crippen molar-refractivity contribution in [1.82, 2.24) is 0 Å². The van der Waals surface area contributed by atoms with E-state index in [1.165, 1.54) is 5.39 Å². The van der Waals surface area contributed by atoms with Crippen LogP contribution in [0.15, 0.2) is 49.0 Å². The van der Waals surface area contributed by atoms with Gasteiger partial charge < -0.3 is 5.11 Å². The van der Waals surface area contributed by atoms with Crippen LogP contribution in [0.3, 0.4) is 0 Å². The molecular weight excluding hydrogens is 184 g/mol. The molecule has 0 radical (unpaired) electrons. The van der Waals surface area contributed by atoms with Crippen LogP contribution in [0.2, 0.25) is 0 Å². The Morgan fingerprint density at radius 3 is 2.53 bits per heavy atom. The molecule has 1 atom stereocenters. The number of hydrogen-bond donors (Lipinski definition) is 1. The second kappa shape index (κ2) is 3.87. The van der Waals surface area contributed by atoms with Gasteiger partial charge in [0.2, 0.25) is 0 Å². The Hall–Kier alpha value is -1.60. The summed E-state index contributed by atoms with van der Waals surface area (Å²) in [6.45, 7) is 5.66. The lowest BCUT2D eigenvalue weighted by Crippen LogP contribution is -2.02. The lowest BCUT2D eigenvalue weighted by Gasteiger charge is -2.11. The summed E-state index contributed by atoms with van der Waals surface area (Å²) in [5, 5.41) is 11.9. The van der Waals surface area contributed by atoms with E-state index in [-0.39, 0.29) is 0 Å². The molecule has 1 heteroatoms. The molecular formula is C14H14O. The van der Waals surface area contributed by atoms with E-state index in [1.54, 1.807) is 6.92 Å². The number of aliphatic hydroxyl groups is 1. The molecule has 0 fully saturated rings. The van der Waals surface area contributed by atoms with Crippen molar-refractivity contribution in [1.29, 1.82) is 0 Å². The predicted octanol–water partition coefficient (Wildman–Crippen LogP) is 3.23. The SMILES string of the molecule is C=C(c1cccc2ccccc12)C(C)O. The van der Waals surface area contributed by atoms with Crippen LogP contribution in [0.4, 0.5) is 0 Å². The highest BCUT2D eigenvalue weighted by molar-refractivity contribution is 5.94. The summed E-state index contributed by atoms with van der Waals surface area (Å²) in [5.41, 5.74) is 1.80. The Bertz CT molecular complexity index is 492. The standard InChI is InChI=1S/C14H14O/c1-10(11(2)15)13-9-5-7-12-6-3-4-8-14(12)13/h3-9,11,15H,1H2,2H3. The summed E-state index contributed by atoms with van der Waals surface area (Å²) < 4.78 is 0. The molecule has 0 bridgehead atoms. The second-order valence-electron chi connectivity index (χ2n) is 3.73. The van der Waals surface area contributed by atoms with Gasteiger partial charge in [-0.05, 0) is 28.8 Å². The first-order valence-electron chi connectivity index (χ1n) is 5.05. The molecule has 0 aliphatic carbocycles. The van der Waals surface area contributed by atoms with E-state index >= 15 is 0 Å². The minimum Gasteiger partial charge on any atom is -0.389 e. The van der Waals surface area contributed by atoms with Gasteiger partial charge in [0.1, 0.15) is 0 Å². The largest absolute Gasteiger partial charge is 0.389 e. The summed E-state index contributed by atoms with van der Waals surface area (Å²) in [6.07, 6.45) is -0.504. The quantitative estimate of drug-likeness (QED) is 0.785.